The number of hydrogen-bond donors (Lipinski definition) is 1. The fourth-order valence-electron chi connectivity index (χ4n) is 3.24. The highest BCUT2D eigenvalue weighted by molar-refractivity contribution is 6.30. The molecule has 1 aromatic rings. The minimum atomic E-state index is -0.851. The van der Waals surface area contributed by atoms with Gasteiger partial charge in [-0.15, -0.1) is 0 Å². The molecular formula is C18H19ClN2O3. The number of nitrogens with zero attached hydrogens (tertiary/aromatic N) is 1. The van der Waals surface area contributed by atoms with Crippen molar-refractivity contribution in [3.05, 3.63) is 40.9 Å². The summed E-state index contributed by atoms with van der Waals surface area (Å²) < 4.78 is 0. The largest absolute Gasteiger partial charge is 0.324 e. The summed E-state index contributed by atoms with van der Waals surface area (Å²) in [5.41, 5.74) is 1.72. The summed E-state index contributed by atoms with van der Waals surface area (Å²) in [4.78, 5) is 38.7. The molecule has 24 heavy (non-hydrogen) atoms. The molecule has 0 saturated carbocycles. The Bertz CT molecular complexity index is 726. The van der Waals surface area contributed by atoms with E-state index in [1.807, 2.05) is 19.1 Å². The van der Waals surface area contributed by atoms with E-state index < -0.39 is 17.9 Å². The number of hydrogen-bond acceptors (Lipinski definition) is 3. The van der Waals surface area contributed by atoms with Crippen LogP contribution in [0, 0.1) is 18.8 Å². The molecule has 3 rings (SSSR count). The zero-order valence-electron chi connectivity index (χ0n) is 13.6. The third-order valence-corrected chi connectivity index (χ3v) is 5.00. The molecule has 1 aromatic carbocycles. The van der Waals surface area contributed by atoms with E-state index in [0.29, 0.717) is 23.6 Å². The van der Waals surface area contributed by atoms with E-state index >= 15 is 0 Å². The summed E-state index contributed by atoms with van der Waals surface area (Å²) in [6.07, 6.45) is 2.62. The van der Waals surface area contributed by atoms with Crippen molar-refractivity contribution >= 4 is 35.0 Å². The van der Waals surface area contributed by atoms with Crippen molar-refractivity contribution in [2.45, 2.75) is 32.7 Å². The molecule has 2 aliphatic rings. The zero-order valence-corrected chi connectivity index (χ0v) is 14.3. The second-order valence-corrected chi connectivity index (χ2v) is 6.87. The molecule has 5 nitrogen and oxygen atoms in total. The number of rotatable bonds is 3. The van der Waals surface area contributed by atoms with E-state index in [1.54, 1.807) is 25.1 Å². The molecule has 0 spiro atoms. The minimum absolute atomic E-state index is 0.281. The monoisotopic (exact) mass is 346 g/mol. The lowest BCUT2D eigenvalue weighted by Crippen LogP contribution is -2.46. The Morgan fingerprint density at radius 2 is 1.83 bits per heavy atom. The third kappa shape index (κ3) is 2.96. The molecule has 0 aromatic heterocycles. The van der Waals surface area contributed by atoms with Gasteiger partial charge in [-0.3, -0.25) is 19.3 Å². The lowest BCUT2D eigenvalue weighted by Gasteiger charge is -2.22. The quantitative estimate of drug-likeness (QED) is 0.856. The van der Waals surface area contributed by atoms with Gasteiger partial charge in [-0.1, -0.05) is 35.4 Å². The average Bonchev–Trinajstić information content (AvgIpc) is 2.79. The maximum absolute atomic E-state index is 12.6. The Kier molecular flexibility index (Phi) is 4.45. The topological polar surface area (TPSA) is 66.5 Å². The first-order valence-electron chi connectivity index (χ1n) is 7.97. The van der Waals surface area contributed by atoms with Crippen molar-refractivity contribution in [2.75, 3.05) is 5.32 Å². The summed E-state index contributed by atoms with van der Waals surface area (Å²) in [7, 11) is 0. The smallest absolute Gasteiger partial charge is 0.247 e. The molecular weight excluding hydrogens is 328 g/mol. The van der Waals surface area contributed by atoms with E-state index in [2.05, 4.69) is 5.32 Å². The number of nitrogens with one attached hydrogen (secondary N) is 1. The number of benzene rings is 1. The Hall–Kier alpha value is -2.14. The Labute approximate surface area is 145 Å². The lowest BCUT2D eigenvalue weighted by atomic mass is 9.85. The van der Waals surface area contributed by atoms with Crippen molar-refractivity contribution in [2.24, 2.45) is 11.8 Å². The van der Waals surface area contributed by atoms with Gasteiger partial charge in [-0.25, -0.2) is 0 Å². The standard InChI is InChI=1S/C18H19ClN2O3/c1-10-3-6-13(7-4-10)20-16(22)11(2)21-17(23)14-8-5-12(19)9-15(14)18(21)24/h3-7,11,14-15H,8-9H2,1-2H3,(H,20,22)/t11-,14-,15+/m0/s1. The van der Waals surface area contributed by atoms with Crippen molar-refractivity contribution in [1.82, 2.24) is 4.90 Å². The number of aryl methyl sites for hydroxylation is 1. The average molecular weight is 347 g/mol. The van der Waals surface area contributed by atoms with Gasteiger partial charge >= 0.3 is 0 Å². The van der Waals surface area contributed by atoms with Crippen LogP contribution in [0.1, 0.15) is 25.3 Å². The third-order valence-electron chi connectivity index (χ3n) is 4.69. The number of amides is 3. The summed E-state index contributed by atoms with van der Waals surface area (Å²) in [6.45, 7) is 3.53. The van der Waals surface area contributed by atoms with Crippen LogP contribution in [0.15, 0.2) is 35.4 Å². The van der Waals surface area contributed by atoms with Crippen LogP contribution < -0.4 is 5.32 Å². The first kappa shape index (κ1) is 16.7. The zero-order chi connectivity index (χ0) is 17.4. The summed E-state index contributed by atoms with van der Waals surface area (Å²) in [5, 5.41) is 3.36. The molecule has 6 heteroatoms. The second-order valence-electron chi connectivity index (χ2n) is 6.38. The van der Waals surface area contributed by atoms with Crippen LogP contribution in [0.3, 0.4) is 0 Å². The molecule has 1 saturated heterocycles. The summed E-state index contributed by atoms with van der Waals surface area (Å²) in [5.74, 6) is -1.79. The van der Waals surface area contributed by atoms with E-state index in [1.165, 1.54) is 0 Å². The van der Waals surface area contributed by atoms with Crippen LogP contribution in [0.4, 0.5) is 5.69 Å². The van der Waals surface area contributed by atoms with Crippen molar-refractivity contribution in [3.8, 4) is 0 Å². The molecule has 1 N–H and O–H groups in total. The molecule has 1 aliphatic heterocycles. The molecule has 0 radical (unpaired) electrons. The first-order valence-corrected chi connectivity index (χ1v) is 8.35. The highest BCUT2D eigenvalue weighted by Gasteiger charge is 2.51. The highest BCUT2D eigenvalue weighted by Crippen LogP contribution is 2.39. The van der Waals surface area contributed by atoms with Crippen LogP contribution in [0.25, 0.3) is 0 Å². The Balaban J connectivity index is 1.74. The SMILES string of the molecule is Cc1ccc(NC(=O)[C@H](C)N2C(=O)[C@H]3CC=C(Cl)C[C@H]3C2=O)cc1. The van der Waals surface area contributed by atoms with Gasteiger partial charge in [0, 0.05) is 10.7 Å². The Morgan fingerprint density at radius 1 is 1.21 bits per heavy atom. The first-order chi connectivity index (χ1) is 11.4. The molecule has 1 fully saturated rings. The number of halogens is 1. The van der Waals surface area contributed by atoms with Crippen molar-refractivity contribution < 1.29 is 14.4 Å². The molecule has 0 bridgehead atoms. The fourth-order valence-corrected chi connectivity index (χ4v) is 3.49. The van der Waals surface area contributed by atoms with Crippen molar-refractivity contribution in [3.63, 3.8) is 0 Å². The van der Waals surface area contributed by atoms with E-state index in [4.69, 9.17) is 11.6 Å². The molecule has 126 valence electrons. The maximum atomic E-state index is 12.6. The molecule has 1 heterocycles. The number of carbonyl (C=O) groups is 3. The van der Waals surface area contributed by atoms with Gasteiger partial charge in [0.25, 0.3) is 0 Å². The lowest BCUT2D eigenvalue weighted by molar-refractivity contribution is -0.146. The van der Waals surface area contributed by atoms with Gasteiger partial charge in [0.2, 0.25) is 17.7 Å². The van der Waals surface area contributed by atoms with Crippen LogP contribution in [0.2, 0.25) is 0 Å². The van der Waals surface area contributed by atoms with Gasteiger partial charge in [-0.05, 0) is 38.8 Å². The molecule has 3 amide bonds. The van der Waals surface area contributed by atoms with Gasteiger partial charge < -0.3 is 5.32 Å². The van der Waals surface area contributed by atoms with E-state index in [0.717, 1.165) is 10.5 Å². The number of imide groups is 1. The van der Waals surface area contributed by atoms with Crippen molar-refractivity contribution in [1.29, 1.82) is 0 Å². The minimum Gasteiger partial charge on any atom is -0.324 e. The number of allylic oxidation sites excluding steroid dienone is 2. The Morgan fingerprint density at radius 3 is 2.50 bits per heavy atom. The number of likely N-dealkylation sites (tertiary alicyclic amines) is 1. The summed E-state index contributed by atoms with van der Waals surface area (Å²) >= 11 is 6.01. The van der Waals surface area contributed by atoms with Crippen LogP contribution in [-0.2, 0) is 14.4 Å². The fraction of sp³-hybridized carbons (Fsp3) is 0.389. The van der Waals surface area contributed by atoms with Crippen LogP contribution >= 0.6 is 11.6 Å². The predicted molar refractivity (Wildman–Crippen MR) is 91.3 cm³/mol. The molecule has 3 atom stereocenters. The number of fused-ring (bicyclic) bond motifs is 1. The molecule has 1 aliphatic carbocycles. The van der Waals surface area contributed by atoms with Gasteiger partial charge in [0.1, 0.15) is 6.04 Å². The normalized spacial score (nSPS) is 24.5. The predicted octanol–water partition coefficient (Wildman–Crippen LogP) is 2.84. The van der Waals surface area contributed by atoms with Gasteiger partial charge in [0.15, 0.2) is 0 Å². The number of carbonyl (C=O) groups excluding carboxylic acids is 3. The second kappa shape index (κ2) is 6.40. The van der Waals surface area contributed by atoms with Gasteiger partial charge in [-0.2, -0.15) is 0 Å². The summed E-state index contributed by atoms with van der Waals surface area (Å²) in [6, 6.07) is 6.49. The van der Waals surface area contributed by atoms with Gasteiger partial charge in [0.05, 0.1) is 11.8 Å². The number of anilines is 1. The van der Waals surface area contributed by atoms with E-state index in [-0.39, 0.29) is 17.7 Å². The van der Waals surface area contributed by atoms with Crippen LogP contribution in [0.5, 0.6) is 0 Å². The van der Waals surface area contributed by atoms with Crippen LogP contribution in [-0.4, -0.2) is 28.7 Å². The highest BCUT2D eigenvalue weighted by atomic mass is 35.5. The maximum Gasteiger partial charge on any atom is 0.247 e. The molecule has 0 unspecified atom stereocenters. The van der Waals surface area contributed by atoms with E-state index in [9.17, 15) is 14.4 Å².